The lowest BCUT2D eigenvalue weighted by molar-refractivity contribution is -0.140. The fourth-order valence-electron chi connectivity index (χ4n) is 3.78. The number of nitrogens with zero attached hydrogens (tertiary/aromatic N) is 1. The van der Waals surface area contributed by atoms with Crippen LogP contribution < -0.4 is 4.74 Å². The van der Waals surface area contributed by atoms with Gasteiger partial charge in [0.2, 0.25) is 0 Å². The highest BCUT2D eigenvalue weighted by molar-refractivity contribution is 6.46. The molecule has 2 aromatic rings. The molecule has 164 valence electrons. The molecule has 1 unspecified atom stereocenters. The first kappa shape index (κ1) is 22.5. The van der Waals surface area contributed by atoms with Crippen molar-refractivity contribution in [2.24, 2.45) is 0 Å². The number of benzene rings is 2. The zero-order valence-corrected chi connectivity index (χ0v) is 17.9. The van der Waals surface area contributed by atoms with Crippen LogP contribution in [0.15, 0.2) is 48.0 Å². The lowest BCUT2D eigenvalue weighted by Crippen LogP contribution is -2.31. The third-order valence-electron chi connectivity index (χ3n) is 5.24. The molecule has 31 heavy (non-hydrogen) atoms. The van der Waals surface area contributed by atoms with Crippen LogP contribution in [-0.2, 0) is 14.3 Å². The van der Waals surface area contributed by atoms with E-state index in [0.717, 1.165) is 5.56 Å². The van der Waals surface area contributed by atoms with Gasteiger partial charge in [-0.3, -0.25) is 9.59 Å². The number of aliphatic hydroxyl groups excluding tert-OH is 1. The maximum Gasteiger partial charge on any atom is 0.295 e. The van der Waals surface area contributed by atoms with E-state index in [2.05, 4.69) is 0 Å². The average Bonchev–Trinajstić information content (AvgIpc) is 3.00. The van der Waals surface area contributed by atoms with Crippen LogP contribution in [0.1, 0.15) is 36.1 Å². The molecule has 1 saturated heterocycles. The minimum absolute atomic E-state index is 0.129. The first-order chi connectivity index (χ1) is 14.9. The Morgan fingerprint density at radius 1 is 1.19 bits per heavy atom. The highest BCUT2D eigenvalue weighted by atomic mass is 19.1. The second kappa shape index (κ2) is 9.75. The Balaban J connectivity index is 2.13. The van der Waals surface area contributed by atoms with E-state index in [9.17, 15) is 19.1 Å². The van der Waals surface area contributed by atoms with Gasteiger partial charge in [-0.15, -0.1) is 0 Å². The van der Waals surface area contributed by atoms with Gasteiger partial charge in [0.05, 0.1) is 18.2 Å². The maximum absolute atomic E-state index is 14.7. The summed E-state index contributed by atoms with van der Waals surface area (Å²) in [6.07, 6.45) is 0.469. The molecular weight excluding hydrogens is 401 g/mol. The van der Waals surface area contributed by atoms with Crippen LogP contribution in [0.3, 0.4) is 0 Å². The number of ketones is 1. The second-order valence-electron chi connectivity index (χ2n) is 7.27. The molecule has 1 fully saturated rings. The van der Waals surface area contributed by atoms with Gasteiger partial charge in [0.1, 0.15) is 17.3 Å². The van der Waals surface area contributed by atoms with Crippen LogP contribution in [0.5, 0.6) is 5.75 Å². The van der Waals surface area contributed by atoms with Crippen LogP contribution in [0.2, 0.25) is 0 Å². The summed E-state index contributed by atoms with van der Waals surface area (Å²) in [5.41, 5.74) is 1.15. The van der Waals surface area contributed by atoms with E-state index < -0.39 is 23.5 Å². The number of aliphatic hydroxyl groups is 1. The quantitative estimate of drug-likeness (QED) is 0.298. The van der Waals surface area contributed by atoms with Gasteiger partial charge >= 0.3 is 0 Å². The largest absolute Gasteiger partial charge is 0.507 e. The van der Waals surface area contributed by atoms with Crippen molar-refractivity contribution in [1.29, 1.82) is 0 Å². The van der Waals surface area contributed by atoms with Crippen molar-refractivity contribution >= 4 is 17.4 Å². The predicted octanol–water partition coefficient (Wildman–Crippen LogP) is 3.99. The SMILES string of the molecule is CCOc1ccc(/C(O)=C2\C(=O)C(=O)N(CCCOC)C2c2ccccc2F)cc1C. The third-order valence-corrected chi connectivity index (χ3v) is 5.24. The number of aryl methyl sites for hydroxylation is 1. The number of likely N-dealkylation sites (tertiary alicyclic amines) is 1. The number of carbonyl (C=O) groups is 2. The molecule has 0 saturated carbocycles. The van der Waals surface area contributed by atoms with Crippen LogP contribution in [-0.4, -0.2) is 48.6 Å². The van der Waals surface area contributed by atoms with Gasteiger partial charge in [-0.25, -0.2) is 4.39 Å². The Hall–Kier alpha value is -3.19. The molecule has 1 amide bonds. The smallest absolute Gasteiger partial charge is 0.295 e. The number of methoxy groups -OCH3 is 1. The number of halogens is 1. The van der Waals surface area contributed by atoms with Gasteiger partial charge in [0.15, 0.2) is 0 Å². The fourth-order valence-corrected chi connectivity index (χ4v) is 3.78. The molecule has 1 N–H and O–H groups in total. The molecule has 0 aliphatic carbocycles. The number of carbonyl (C=O) groups excluding carboxylic acids is 2. The Morgan fingerprint density at radius 3 is 2.58 bits per heavy atom. The van der Waals surface area contributed by atoms with Crippen molar-refractivity contribution in [3.8, 4) is 5.75 Å². The van der Waals surface area contributed by atoms with Crippen molar-refractivity contribution in [3.05, 3.63) is 70.5 Å². The Bertz CT molecular complexity index is 1020. The zero-order valence-electron chi connectivity index (χ0n) is 17.9. The van der Waals surface area contributed by atoms with Gasteiger partial charge in [0, 0.05) is 31.4 Å². The number of ether oxygens (including phenoxy) is 2. The Labute approximate surface area is 180 Å². The summed E-state index contributed by atoms with van der Waals surface area (Å²) in [5.74, 6) is -1.85. The predicted molar refractivity (Wildman–Crippen MR) is 114 cm³/mol. The highest BCUT2D eigenvalue weighted by Gasteiger charge is 2.46. The van der Waals surface area contributed by atoms with E-state index in [1.54, 1.807) is 24.3 Å². The summed E-state index contributed by atoms with van der Waals surface area (Å²) >= 11 is 0. The summed E-state index contributed by atoms with van der Waals surface area (Å²) in [6, 6.07) is 9.92. The van der Waals surface area contributed by atoms with Crippen molar-refractivity contribution in [2.45, 2.75) is 26.3 Å². The topological polar surface area (TPSA) is 76.1 Å². The van der Waals surface area contributed by atoms with E-state index >= 15 is 0 Å². The third kappa shape index (κ3) is 4.46. The zero-order chi connectivity index (χ0) is 22.5. The van der Waals surface area contributed by atoms with Crippen LogP contribution >= 0.6 is 0 Å². The molecule has 2 aromatic carbocycles. The van der Waals surface area contributed by atoms with Gasteiger partial charge in [0.25, 0.3) is 11.7 Å². The molecule has 1 aliphatic rings. The summed E-state index contributed by atoms with van der Waals surface area (Å²) in [6.45, 7) is 4.75. The molecule has 3 rings (SSSR count). The minimum atomic E-state index is -1.02. The van der Waals surface area contributed by atoms with E-state index in [1.807, 2.05) is 13.8 Å². The van der Waals surface area contributed by atoms with E-state index in [1.165, 1.54) is 30.2 Å². The van der Waals surface area contributed by atoms with E-state index in [0.29, 0.717) is 30.9 Å². The van der Waals surface area contributed by atoms with Gasteiger partial charge in [-0.1, -0.05) is 18.2 Å². The second-order valence-corrected chi connectivity index (χ2v) is 7.27. The standard InChI is InChI=1S/C24H26FNO5/c1-4-31-19-11-10-16(14-15(19)2)22(27)20-21(17-8-5-6-9-18(17)25)26(12-7-13-30-3)24(29)23(20)28/h5-6,8-11,14,21,27H,4,7,12-13H2,1-3H3/b22-20+. The number of hydrogen-bond acceptors (Lipinski definition) is 5. The number of hydrogen-bond donors (Lipinski definition) is 1. The molecule has 6 nitrogen and oxygen atoms in total. The molecular formula is C24H26FNO5. The molecule has 0 bridgehead atoms. The summed E-state index contributed by atoms with van der Waals surface area (Å²) in [5, 5.41) is 11.1. The lowest BCUT2D eigenvalue weighted by atomic mass is 9.94. The van der Waals surface area contributed by atoms with Gasteiger partial charge in [-0.05, 0) is 50.1 Å². The van der Waals surface area contributed by atoms with Crippen LogP contribution in [0.4, 0.5) is 4.39 Å². The maximum atomic E-state index is 14.7. The Kier molecular flexibility index (Phi) is 7.07. The molecule has 0 spiro atoms. The highest BCUT2D eigenvalue weighted by Crippen LogP contribution is 2.40. The number of rotatable bonds is 8. The first-order valence-corrected chi connectivity index (χ1v) is 10.2. The number of amides is 1. The molecule has 0 radical (unpaired) electrons. The van der Waals surface area contributed by atoms with Gasteiger partial charge in [-0.2, -0.15) is 0 Å². The number of Topliss-reactive ketones (excluding diaryl/α,β-unsaturated/α-hetero) is 1. The Morgan fingerprint density at radius 2 is 1.94 bits per heavy atom. The van der Waals surface area contributed by atoms with Crippen LogP contribution in [0.25, 0.3) is 5.76 Å². The van der Waals surface area contributed by atoms with Crippen molar-refractivity contribution in [1.82, 2.24) is 4.90 Å². The summed E-state index contributed by atoms with van der Waals surface area (Å²) in [7, 11) is 1.54. The molecule has 7 heteroatoms. The molecule has 1 heterocycles. The molecule has 1 aliphatic heterocycles. The lowest BCUT2D eigenvalue weighted by Gasteiger charge is -2.25. The summed E-state index contributed by atoms with van der Waals surface area (Å²) in [4.78, 5) is 27.0. The monoisotopic (exact) mass is 427 g/mol. The molecule has 1 atom stereocenters. The van der Waals surface area contributed by atoms with E-state index in [4.69, 9.17) is 9.47 Å². The van der Waals surface area contributed by atoms with Crippen molar-refractivity contribution in [2.75, 3.05) is 26.9 Å². The van der Waals surface area contributed by atoms with Crippen molar-refractivity contribution in [3.63, 3.8) is 0 Å². The van der Waals surface area contributed by atoms with Crippen LogP contribution in [0, 0.1) is 12.7 Å². The normalized spacial score (nSPS) is 17.9. The van der Waals surface area contributed by atoms with E-state index in [-0.39, 0.29) is 23.4 Å². The minimum Gasteiger partial charge on any atom is -0.507 e. The fraction of sp³-hybridized carbons (Fsp3) is 0.333. The first-order valence-electron chi connectivity index (χ1n) is 10.2. The van der Waals surface area contributed by atoms with Crippen molar-refractivity contribution < 1.29 is 28.6 Å². The summed E-state index contributed by atoms with van der Waals surface area (Å²) < 4.78 is 25.3. The average molecular weight is 427 g/mol. The molecule has 0 aromatic heterocycles. The van der Waals surface area contributed by atoms with Gasteiger partial charge < -0.3 is 19.5 Å².